The normalized spacial score (nSPS) is 17.2. The van der Waals surface area contributed by atoms with Gasteiger partial charge in [0, 0.05) is 25.1 Å². The van der Waals surface area contributed by atoms with Crippen LogP contribution in [0.4, 0.5) is 30.2 Å². The molecule has 3 rings (SSSR count). The summed E-state index contributed by atoms with van der Waals surface area (Å²) in [6.07, 6.45) is -3.59. The third kappa shape index (κ3) is 5.63. The number of anilines is 1. The zero-order valence-electron chi connectivity index (χ0n) is 17.8. The molecule has 1 aliphatic heterocycles. The van der Waals surface area contributed by atoms with E-state index in [1.54, 1.807) is 6.92 Å². The first-order valence-electron chi connectivity index (χ1n) is 9.90. The summed E-state index contributed by atoms with van der Waals surface area (Å²) in [5.74, 6) is -1.24. The molecular formula is C22H19F3N4O4S. The summed E-state index contributed by atoms with van der Waals surface area (Å²) >= 11 is 0.959. The van der Waals surface area contributed by atoms with Crippen LogP contribution in [0.2, 0.25) is 0 Å². The van der Waals surface area contributed by atoms with Crippen molar-refractivity contribution in [2.75, 3.05) is 11.9 Å². The number of thioether (sulfide) groups is 1. The van der Waals surface area contributed by atoms with Crippen LogP contribution in [0.1, 0.15) is 17.5 Å². The van der Waals surface area contributed by atoms with E-state index in [9.17, 15) is 32.9 Å². The summed E-state index contributed by atoms with van der Waals surface area (Å²) in [6, 6.07) is 8.68. The average Bonchev–Trinajstić information content (AvgIpc) is 3.03. The first-order chi connectivity index (χ1) is 16.0. The molecule has 8 nitrogen and oxygen atoms in total. The summed E-state index contributed by atoms with van der Waals surface area (Å²) in [5, 5.41) is 12.6. The number of nitro groups is 1. The molecule has 1 saturated heterocycles. The smallest absolute Gasteiger partial charge is 0.325 e. The number of nitrogens with one attached hydrogen (secondary N) is 1. The number of aryl methyl sites for hydroxylation is 1. The Morgan fingerprint density at radius 1 is 1.32 bits per heavy atom. The SMILES string of the molecule is C=CCN1C(=O)[C@H](CC(=O)Nc2ccccc2C(F)(F)F)SC1=Nc1cc([N+](=O)[O-])ccc1C. The summed E-state index contributed by atoms with van der Waals surface area (Å²) in [5.41, 5.74) is -0.656. The molecule has 178 valence electrons. The van der Waals surface area contributed by atoms with E-state index in [0.29, 0.717) is 5.56 Å². The molecule has 0 aliphatic carbocycles. The van der Waals surface area contributed by atoms with Crippen LogP contribution in [0.5, 0.6) is 0 Å². The van der Waals surface area contributed by atoms with Crippen molar-refractivity contribution < 1.29 is 27.7 Å². The highest BCUT2D eigenvalue weighted by Crippen LogP contribution is 2.36. The number of nitro benzene ring substituents is 1. The number of amides is 2. The van der Waals surface area contributed by atoms with Crippen molar-refractivity contribution in [2.24, 2.45) is 4.99 Å². The molecule has 0 radical (unpaired) electrons. The maximum Gasteiger partial charge on any atom is 0.418 e. The van der Waals surface area contributed by atoms with Crippen LogP contribution in [0.25, 0.3) is 0 Å². The van der Waals surface area contributed by atoms with Crippen molar-refractivity contribution in [2.45, 2.75) is 24.8 Å². The van der Waals surface area contributed by atoms with Crippen molar-refractivity contribution in [1.29, 1.82) is 0 Å². The topological polar surface area (TPSA) is 105 Å². The molecule has 2 aromatic carbocycles. The second kappa shape index (κ2) is 10.1. The second-order valence-corrected chi connectivity index (χ2v) is 8.43. The Hall–Kier alpha value is -3.67. The van der Waals surface area contributed by atoms with Crippen molar-refractivity contribution in [3.8, 4) is 0 Å². The maximum atomic E-state index is 13.2. The number of alkyl halides is 3. The molecular weight excluding hydrogens is 473 g/mol. The Morgan fingerprint density at radius 3 is 2.68 bits per heavy atom. The number of carbonyl (C=O) groups is 2. The molecule has 0 spiro atoms. The van der Waals surface area contributed by atoms with E-state index >= 15 is 0 Å². The van der Waals surface area contributed by atoms with Gasteiger partial charge < -0.3 is 5.32 Å². The van der Waals surface area contributed by atoms with E-state index in [0.717, 1.165) is 23.9 Å². The standard InChI is InChI=1S/C22H19F3N4O4S/c1-3-10-28-20(31)18(12-19(30)26-16-7-5-4-6-15(16)22(23,24)25)34-21(28)27-17-11-14(29(32)33)9-8-13(17)2/h3-9,11,18H,1,10,12H2,2H3,(H,26,30)/t18-/m0/s1. The van der Waals surface area contributed by atoms with Crippen LogP contribution in [-0.4, -0.2) is 38.6 Å². The van der Waals surface area contributed by atoms with Crippen molar-refractivity contribution in [3.63, 3.8) is 0 Å². The lowest BCUT2D eigenvalue weighted by Gasteiger charge is -2.15. The fraction of sp³-hybridized carbons (Fsp3) is 0.227. The number of rotatable bonds is 7. The van der Waals surface area contributed by atoms with Gasteiger partial charge in [-0.05, 0) is 24.6 Å². The van der Waals surface area contributed by atoms with Crippen molar-refractivity contribution in [3.05, 3.63) is 76.4 Å². The van der Waals surface area contributed by atoms with E-state index in [2.05, 4.69) is 16.9 Å². The van der Waals surface area contributed by atoms with E-state index in [1.165, 1.54) is 41.3 Å². The molecule has 1 heterocycles. The molecule has 0 bridgehead atoms. The van der Waals surface area contributed by atoms with Crippen molar-refractivity contribution in [1.82, 2.24) is 4.90 Å². The molecule has 34 heavy (non-hydrogen) atoms. The third-order valence-corrected chi connectivity index (χ3v) is 6.00. The lowest BCUT2D eigenvalue weighted by molar-refractivity contribution is -0.384. The molecule has 0 aromatic heterocycles. The Labute approximate surface area is 196 Å². The van der Waals surface area contributed by atoms with Gasteiger partial charge in [-0.2, -0.15) is 13.2 Å². The van der Waals surface area contributed by atoms with Gasteiger partial charge in [0.05, 0.1) is 21.9 Å². The zero-order chi connectivity index (χ0) is 25.0. The highest BCUT2D eigenvalue weighted by molar-refractivity contribution is 8.15. The molecule has 0 unspecified atom stereocenters. The number of benzene rings is 2. The Kier molecular flexibility index (Phi) is 7.40. The lowest BCUT2D eigenvalue weighted by Crippen LogP contribution is -2.33. The lowest BCUT2D eigenvalue weighted by atomic mass is 10.1. The number of aliphatic imine (C=N–C) groups is 1. The Bertz CT molecular complexity index is 1180. The molecule has 2 amide bonds. The molecule has 1 atom stereocenters. The van der Waals surface area contributed by atoms with E-state index in [-0.39, 0.29) is 23.1 Å². The quantitative estimate of drug-likeness (QED) is 0.330. The highest BCUT2D eigenvalue weighted by atomic mass is 32.2. The number of nitrogens with zero attached hydrogens (tertiary/aromatic N) is 3. The van der Waals surface area contributed by atoms with Gasteiger partial charge in [-0.15, -0.1) is 6.58 Å². The van der Waals surface area contributed by atoms with Crippen LogP contribution in [0, 0.1) is 17.0 Å². The van der Waals surface area contributed by atoms with Gasteiger partial charge in [0.2, 0.25) is 11.8 Å². The van der Waals surface area contributed by atoms with Crippen LogP contribution < -0.4 is 5.32 Å². The average molecular weight is 492 g/mol. The molecule has 0 saturated carbocycles. The van der Waals surface area contributed by atoms with Crippen molar-refractivity contribution >= 4 is 45.8 Å². The van der Waals surface area contributed by atoms with Gasteiger partial charge in [0.25, 0.3) is 5.69 Å². The molecule has 1 aliphatic rings. The fourth-order valence-electron chi connectivity index (χ4n) is 3.17. The van der Waals surface area contributed by atoms with Crippen LogP contribution in [-0.2, 0) is 15.8 Å². The largest absolute Gasteiger partial charge is 0.418 e. The number of hydrogen-bond donors (Lipinski definition) is 1. The number of halogens is 3. The molecule has 2 aromatic rings. The second-order valence-electron chi connectivity index (χ2n) is 7.26. The summed E-state index contributed by atoms with van der Waals surface area (Å²) < 4.78 is 39.6. The van der Waals surface area contributed by atoms with Crippen LogP contribution in [0.15, 0.2) is 60.1 Å². The molecule has 1 N–H and O–H groups in total. The van der Waals surface area contributed by atoms with Gasteiger partial charge >= 0.3 is 6.18 Å². The minimum absolute atomic E-state index is 0.0771. The number of hydrogen-bond acceptors (Lipinski definition) is 6. The number of para-hydroxylation sites is 1. The van der Waals surface area contributed by atoms with Gasteiger partial charge in [-0.1, -0.05) is 36.0 Å². The Morgan fingerprint density at radius 2 is 2.03 bits per heavy atom. The predicted octanol–water partition coefficient (Wildman–Crippen LogP) is 5.07. The van der Waals surface area contributed by atoms with Gasteiger partial charge in [-0.25, -0.2) is 4.99 Å². The summed E-state index contributed by atoms with van der Waals surface area (Å²) in [6.45, 7) is 5.37. The minimum Gasteiger partial charge on any atom is -0.325 e. The van der Waals surface area contributed by atoms with E-state index in [4.69, 9.17) is 0 Å². The fourth-order valence-corrected chi connectivity index (χ4v) is 4.33. The van der Waals surface area contributed by atoms with Gasteiger partial charge in [0.15, 0.2) is 5.17 Å². The Balaban J connectivity index is 1.83. The van der Waals surface area contributed by atoms with E-state index in [1.807, 2.05) is 0 Å². The summed E-state index contributed by atoms with van der Waals surface area (Å²) in [4.78, 5) is 41.6. The maximum absolute atomic E-state index is 13.2. The van der Waals surface area contributed by atoms with Gasteiger partial charge in [-0.3, -0.25) is 24.6 Å². The number of carbonyl (C=O) groups excluding carboxylic acids is 2. The zero-order valence-corrected chi connectivity index (χ0v) is 18.7. The first-order valence-corrected chi connectivity index (χ1v) is 10.8. The van der Waals surface area contributed by atoms with Crippen LogP contribution in [0.3, 0.4) is 0 Å². The van der Waals surface area contributed by atoms with Gasteiger partial charge in [0.1, 0.15) is 5.25 Å². The van der Waals surface area contributed by atoms with Crippen LogP contribution >= 0.6 is 11.8 Å². The highest BCUT2D eigenvalue weighted by Gasteiger charge is 2.39. The summed E-state index contributed by atoms with van der Waals surface area (Å²) in [7, 11) is 0. The minimum atomic E-state index is -4.65. The monoisotopic (exact) mass is 492 g/mol. The first kappa shape index (κ1) is 25.0. The van der Waals surface area contributed by atoms with E-state index < -0.39 is 45.8 Å². The third-order valence-electron chi connectivity index (χ3n) is 4.83. The molecule has 12 heteroatoms. The number of non-ortho nitro benzene ring substituents is 1. The number of amidine groups is 1. The molecule has 1 fully saturated rings. The predicted molar refractivity (Wildman–Crippen MR) is 123 cm³/mol.